The lowest BCUT2D eigenvalue weighted by Crippen LogP contribution is -2.13. The lowest BCUT2D eigenvalue weighted by atomic mass is 10.1. The summed E-state index contributed by atoms with van der Waals surface area (Å²) >= 11 is 0. The van der Waals surface area contributed by atoms with Crippen molar-refractivity contribution in [3.63, 3.8) is 0 Å². The summed E-state index contributed by atoms with van der Waals surface area (Å²) in [7, 11) is 0. The summed E-state index contributed by atoms with van der Waals surface area (Å²) in [6.07, 6.45) is 1.22. The molecule has 0 amide bonds. The number of benzene rings is 1. The quantitative estimate of drug-likeness (QED) is 0.849. The Morgan fingerprint density at radius 3 is 2.81 bits per heavy atom. The Kier molecular flexibility index (Phi) is 3.93. The number of hydrogen-bond donors (Lipinski definition) is 1. The normalized spacial score (nSPS) is 26.9. The van der Waals surface area contributed by atoms with Gasteiger partial charge in [-0.05, 0) is 19.8 Å². The summed E-state index contributed by atoms with van der Waals surface area (Å²) in [5.74, 6) is 0. The van der Waals surface area contributed by atoms with E-state index in [4.69, 9.17) is 9.47 Å². The SMILES string of the molecule is C[C@@H](O)CC[C@H]1COC(c2ccccc2)O1. The number of rotatable bonds is 4. The maximum Gasteiger partial charge on any atom is 0.184 e. The zero-order valence-corrected chi connectivity index (χ0v) is 9.50. The predicted molar refractivity (Wildman–Crippen MR) is 60.9 cm³/mol. The fourth-order valence-corrected chi connectivity index (χ4v) is 1.81. The second-order valence-electron chi connectivity index (χ2n) is 4.26. The van der Waals surface area contributed by atoms with Gasteiger partial charge >= 0.3 is 0 Å². The van der Waals surface area contributed by atoms with Gasteiger partial charge in [-0.2, -0.15) is 0 Å². The van der Waals surface area contributed by atoms with Gasteiger partial charge in [0.05, 0.1) is 18.8 Å². The van der Waals surface area contributed by atoms with Crippen LogP contribution in [0.2, 0.25) is 0 Å². The van der Waals surface area contributed by atoms with Gasteiger partial charge in [0.1, 0.15) is 0 Å². The van der Waals surface area contributed by atoms with Gasteiger partial charge < -0.3 is 14.6 Å². The van der Waals surface area contributed by atoms with Crippen LogP contribution >= 0.6 is 0 Å². The van der Waals surface area contributed by atoms with Gasteiger partial charge in [-0.15, -0.1) is 0 Å². The summed E-state index contributed by atoms with van der Waals surface area (Å²) in [5.41, 5.74) is 1.06. The molecular formula is C13H18O3. The maximum atomic E-state index is 9.20. The number of aliphatic hydroxyl groups is 1. The molecule has 1 fully saturated rings. The fourth-order valence-electron chi connectivity index (χ4n) is 1.81. The zero-order valence-electron chi connectivity index (χ0n) is 9.50. The molecule has 88 valence electrons. The van der Waals surface area contributed by atoms with Crippen LogP contribution in [0.5, 0.6) is 0 Å². The third-order valence-electron chi connectivity index (χ3n) is 2.73. The highest BCUT2D eigenvalue weighted by atomic mass is 16.7. The van der Waals surface area contributed by atoms with Crippen LogP contribution < -0.4 is 0 Å². The van der Waals surface area contributed by atoms with Crippen molar-refractivity contribution in [2.24, 2.45) is 0 Å². The van der Waals surface area contributed by atoms with Gasteiger partial charge in [0.25, 0.3) is 0 Å². The molecule has 0 saturated carbocycles. The molecule has 1 aromatic carbocycles. The molecule has 1 aromatic rings. The molecule has 1 aliphatic heterocycles. The Morgan fingerprint density at radius 2 is 2.12 bits per heavy atom. The van der Waals surface area contributed by atoms with E-state index in [-0.39, 0.29) is 18.5 Å². The molecule has 0 spiro atoms. The molecule has 3 heteroatoms. The summed E-state index contributed by atoms with van der Waals surface area (Å²) in [4.78, 5) is 0. The first-order valence-corrected chi connectivity index (χ1v) is 5.76. The molecule has 0 aliphatic carbocycles. The van der Waals surface area contributed by atoms with Crippen LogP contribution in [-0.2, 0) is 9.47 Å². The number of ether oxygens (including phenoxy) is 2. The Hall–Kier alpha value is -0.900. The Balaban J connectivity index is 1.84. The highest BCUT2D eigenvalue weighted by Gasteiger charge is 2.26. The second kappa shape index (κ2) is 5.43. The van der Waals surface area contributed by atoms with E-state index in [0.717, 1.165) is 18.4 Å². The minimum atomic E-state index is -0.264. The molecule has 1 aliphatic rings. The Bertz CT molecular complexity index is 310. The molecule has 1 unspecified atom stereocenters. The van der Waals surface area contributed by atoms with E-state index < -0.39 is 0 Å². The summed E-state index contributed by atoms with van der Waals surface area (Å²) in [5, 5.41) is 9.20. The van der Waals surface area contributed by atoms with Crippen LogP contribution in [0.15, 0.2) is 30.3 Å². The third kappa shape index (κ3) is 3.04. The zero-order chi connectivity index (χ0) is 11.4. The molecule has 0 aromatic heterocycles. The molecular weight excluding hydrogens is 204 g/mol. The average molecular weight is 222 g/mol. The van der Waals surface area contributed by atoms with Gasteiger partial charge in [-0.25, -0.2) is 0 Å². The molecule has 1 N–H and O–H groups in total. The molecule has 2 rings (SSSR count). The molecule has 16 heavy (non-hydrogen) atoms. The lowest BCUT2D eigenvalue weighted by Gasteiger charge is -2.12. The van der Waals surface area contributed by atoms with Gasteiger partial charge in [-0.1, -0.05) is 30.3 Å². The van der Waals surface area contributed by atoms with Crippen molar-refractivity contribution in [1.29, 1.82) is 0 Å². The van der Waals surface area contributed by atoms with Crippen LogP contribution in [-0.4, -0.2) is 23.9 Å². The van der Waals surface area contributed by atoms with Crippen LogP contribution in [0.3, 0.4) is 0 Å². The van der Waals surface area contributed by atoms with E-state index in [1.807, 2.05) is 30.3 Å². The average Bonchev–Trinajstić information content (AvgIpc) is 2.76. The van der Waals surface area contributed by atoms with E-state index in [0.29, 0.717) is 6.61 Å². The number of aliphatic hydroxyl groups excluding tert-OH is 1. The standard InChI is InChI=1S/C13H18O3/c1-10(14)7-8-12-9-15-13(16-12)11-5-3-2-4-6-11/h2-6,10,12-14H,7-9H2,1H3/t10-,12+,13?/m1/s1. The van der Waals surface area contributed by atoms with Crippen molar-refractivity contribution in [3.05, 3.63) is 35.9 Å². The van der Waals surface area contributed by atoms with Crippen LogP contribution in [0.1, 0.15) is 31.6 Å². The minimum Gasteiger partial charge on any atom is -0.393 e. The monoisotopic (exact) mass is 222 g/mol. The first kappa shape index (κ1) is 11.6. The Labute approximate surface area is 96.0 Å². The van der Waals surface area contributed by atoms with Crippen molar-refractivity contribution in [2.45, 2.75) is 38.3 Å². The summed E-state index contributed by atoms with van der Waals surface area (Å²) in [6.45, 7) is 2.41. The van der Waals surface area contributed by atoms with Gasteiger partial charge in [-0.3, -0.25) is 0 Å². The predicted octanol–water partition coefficient (Wildman–Crippen LogP) is 2.26. The largest absolute Gasteiger partial charge is 0.393 e. The van der Waals surface area contributed by atoms with Crippen LogP contribution in [0.4, 0.5) is 0 Å². The fraction of sp³-hybridized carbons (Fsp3) is 0.538. The topological polar surface area (TPSA) is 38.7 Å². The lowest BCUT2D eigenvalue weighted by molar-refractivity contribution is -0.0624. The minimum absolute atomic E-state index is 0.111. The van der Waals surface area contributed by atoms with E-state index >= 15 is 0 Å². The molecule has 1 saturated heterocycles. The molecule has 3 nitrogen and oxygen atoms in total. The maximum absolute atomic E-state index is 9.20. The van der Waals surface area contributed by atoms with Crippen LogP contribution in [0.25, 0.3) is 0 Å². The van der Waals surface area contributed by atoms with Crippen LogP contribution in [0, 0.1) is 0 Å². The highest BCUT2D eigenvalue weighted by Crippen LogP contribution is 2.28. The summed E-state index contributed by atoms with van der Waals surface area (Å²) < 4.78 is 11.3. The second-order valence-corrected chi connectivity index (χ2v) is 4.26. The van der Waals surface area contributed by atoms with E-state index in [1.54, 1.807) is 6.92 Å². The highest BCUT2D eigenvalue weighted by molar-refractivity contribution is 5.16. The first-order chi connectivity index (χ1) is 7.75. The Morgan fingerprint density at radius 1 is 1.38 bits per heavy atom. The molecule has 0 radical (unpaired) electrons. The molecule has 0 bridgehead atoms. The van der Waals surface area contributed by atoms with E-state index in [1.165, 1.54) is 0 Å². The van der Waals surface area contributed by atoms with Crippen molar-refractivity contribution in [2.75, 3.05) is 6.61 Å². The van der Waals surface area contributed by atoms with Crippen molar-refractivity contribution < 1.29 is 14.6 Å². The van der Waals surface area contributed by atoms with Gasteiger partial charge in [0.15, 0.2) is 6.29 Å². The van der Waals surface area contributed by atoms with E-state index in [2.05, 4.69) is 0 Å². The molecule has 1 heterocycles. The molecule has 3 atom stereocenters. The number of hydrogen-bond acceptors (Lipinski definition) is 3. The van der Waals surface area contributed by atoms with Gasteiger partial charge in [0, 0.05) is 5.56 Å². The van der Waals surface area contributed by atoms with Crippen molar-refractivity contribution in [3.8, 4) is 0 Å². The first-order valence-electron chi connectivity index (χ1n) is 5.76. The van der Waals surface area contributed by atoms with Crippen molar-refractivity contribution in [1.82, 2.24) is 0 Å². The smallest absolute Gasteiger partial charge is 0.184 e. The van der Waals surface area contributed by atoms with Crippen molar-refractivity contribution >= 4 is 0 Å². The van der Waals surface area contributed by atoms with Gasteiger partial charge in [0.2, 0.25) is 0 Å². The summed E-state index contributed by atoms with van der Waals surface area (Å²) in [6, 6.07) is 9.93. The third-order valence-corrected chi connectivity index (χ3v) is 2.73. The van der Waals surface area contributed by atoms with E-state index in [9.17, 15) is 5.11 Å².